The maximum atomic E-state index is 12.8. The molecule has 0 spiro atoms. The summed E-state index contributed by atoms with van der Waals surface area (Å²) in [5, 5.41) is 10.5. The average Bonchev–Trinajstić information content (AvgIpc) is 3.11. The largest absolute Gasteiger partial charge is 0.392 e. The van der Waals surface area contributed by atoms with Crippen LogP contribution in [0.1, 0.15) is 41.6 Å². The fourth-order valence-electron chi connectivity index (χ4n) is 5.50. The van der Waals surface area contributed by atoms with E-state index in [1.165, 1.54) is 0 Å². The summed E-state index contributed by atoms with van der Waals surface area (Å²) >= 11 is 1.66. The first-order valence-corrected chi connectivity index (χ1v) is 17.6. The van der Waals surface area contributed by atoms with Gasteiger partial charge in [0.25, 0.3) is 0 Å². The molecular formula is C37H36N2O5S2. The maximum absolute atomic E-state index is 12.8. The number of ether oxygens (including phenoxy) is 2. The van der Waals surface area contributed by atoms with Crippen molar-refractivity contribution in [2.24, 2.45) is 5.92 Å². The highest BCUT2D eigenvalue weighted by Gasteiger charge is 2.38. The molecule has 0 aliphatic carbocycles. The van der Waals surface area contributed by atoms with Crippen molar-refractivity contribution in [3.05, 3.63) is 150 Å². The Labute approximate surface area is 274 Å². The highest BCUT2D eigenvalue weighted by atomic mass is 32.2. The van der Waals surface area contributed by atoms with E-state index >= 15 is 0 Å². The molecule has 4 atom stereocenters. The molecule has 0 radical (unpaired) electrons. The molecule has 0 amide bonds. The van der Waals surface area contributed by atoms with Crippen LogP contribution in [0.3, 0.4) is 0 Å². The molecule has 2 N–H and O–H groups in total. The maximum Gasteiger partial charge on any atom is 0.240 e. The molecule has 9 heteroatoms. The predicted molar refractivity (Wildman–Crippen MR) is 180 cm³/mol. The number of hydrogen-bond acceptors (Lipinski definition) is 7. The van der Waals surface area contributed by atoms with E-state index in [2.05, 4.69) is 22.7 Å². The Hall–Kier alpha value is -3.83. The van der Waals surface area contributed by atoms with Gasteiger partial charge >= 0.3 is 0 Å². The molecule has 1 aliphatic heterocycles. The van der Waals surface area contributed by atoms with Gasteiger partial charge in [0.15, 0.2) is 6.29 Å². The van der Waals surface area contributed by atoms with Gasteiger partial charge in [-0.05, 0) is 64.2 Å². The van der Waals surface area contributed by atoms with E-state index in [9.17, 15) is 13.5 Å². The zero-order chi connectivity index (χ0) is 31.9. The van der Waals surface area contributed by atoms with Crippen LogP contribution >= 0.6 is 11.8 Å². The van der Waals surface area contributed by atoms with Crippen molar-refractivity contribution in [3.63, 3.8) is 0 Å². The van der Waals surface area contributed by atoms with Crippen molar-refractivity contribution in [2.45, 2.75) is 48.5 Å². The summed E-state index contributed by atoms with van der Waals surface area (Å²) in [5.41, 5.74) is 5.56. The molecular weight excluding hydrogens is 617 g/mol. The van der Waals surface area contributed by atoms with Gasteiger partial charge in [0.1, 0.15) is 0 Å². The summed E-state index contributed by atoms with van der Waals surface area (Å²) in [7, 11) is -3.62. The standard InChI is InChI=1S/C37H36N2O5S2/c1-26-34(25-45-35-15-5-6-20-38-35)43-37(44-36(26)29-18-16-27(24-40)17-19-29)32-12-8-11-31(22-32)30-10-7-9-28(21-30)23-39-46(41,42)33-13-3-2-4-14-33/h2-22,26,34,36-37,39-40H,23-25H2,1H3/t26-,34+,36+,37+/m0/s1. The summed E-state index contributed by atoms with van der Waals surface area (Å²) < 4.78 is 41.6. The number of hydrogen-bond donors (Lipinski definition) is 2. The summed E-state index contributed by atoms with van der Waals surface area (Å²) in [6.45, 7) is 2.31. The van der Waals surface area contributed by atoms with Crippen LogP contribution < -0.4 is 4.72 Å². The molecule has 0 bridgehead atoms. The van der Waals surface area contributed by atoms with Crippen LogP contribution in [-0.2, 0) is 32.6 Å². The van der Waals surface area contributed by atoms with Crippen LogP contribution in [0, 0.1) is 5.92 Å². The molecule has 0 unspecified atom stereocenters. The second kappa shape index (κ2) is 14.7. The molecule has 2 heterocycles. The number of nitrogens with zero attached hydrogens (tertiary/aromatic N) is 1. The minimum Gasteiger partial charge on any atom is -0.392 e. The lowest BCUT2D eigenvalue weighted by Crippen LogP contribution is -2.38. The lowest BCUT2D eigenvalue weighted by Gasteiger charge is -2.41. The minimum atomic E-state index is -3.62. The lowest BCUT2D eigenvalue weighted by molar-refractivity contribution is -0.268. The Morgan fingerprint density at radius 2 is 1.52 bits per heavy atom. The molecule has 0 saturated carbocycles. The third-order valence-corrected chi connectivity index (χ3v) is 10.5. The number of pyridine rings is 1. The molecule has 1 aromatic heterocycles. The number of aliphatic hydroxyl groups is 1. The molecule has 1 aliphatic rings. The van der Waals surface area contributed by atoms with Gasteiger partial charge in [-0.2, -0.15) is 0 Å². The first-order chi connectivity index (χ1) is 22.4. The van der Waals surface area contributed by atoms with Gasteiger partial charge < -0.3 is 14.6 Å². The molecule has 7 nitrogen and oxygen atoms in total. The molecule has 46 heavy (non-hydrogen) atoms. The Morgan fingerprint density at radius 1 is 0.783 bits per heavy atom. The van der Waals surface area contributed by atoms with Gasteiger partial charge in [0, 0.05) is 30.0 Å². The Bertz CT molecular complexity index is 1840. The lowest BCUT2D eigenvalue weighted by atomic mass is 9.91. The van der Waals surface area contributed by atoms with Gasteiger partial charge in [0.05, 0.1) is 28.7 Å². The van der Waals surface area contributed by atoms with Crippen LogP contribution in [0.4, 0.5) is 0 Å². The Kier molecular flexibility index (Phi) is 10.3. The first-order valence-electron chi connectivity index (χ1n) is 15.2. The third-order valence-electron chi connectivity index (χ3n) is 8.10. The van der Waals surface area contributed by atoms with Crippen molar-refractivity contribution >= 4 is 21.8 Å². The Morgan fingerprint density at radius 3 is 2.26 bits per heavy atom. The molecule has 6 rings (SSSR count). The molecule has 4 aromatic carbocycles. The van der Waals surface area contributed by atoms with Gasteiger partial charge in [0.2, 0.25) is 10.0 Å². The zero-order valence-electron chi connectivity index (χ0n) is 25.4. The van der Waals surface area contributed by atoms with Gasteiger partial charge in [-0.3, -0.25) is 0 Å². The molecule has 1 fully saturated rings. The number of nitrogens with one attached hydrogen (secondary N) is 1. The fraction of sp³-hybridized carbons (Fsp3) is 0.216. The topological polar surface area (TPSA) is 97.8 Å². The van der Waals surface area contributed by atoms with Crippen molar-refractivity contribution < 1.29 is 23.0 Å². The summed E-state index contributed by atoms with van der Waals surface area (Å²) in [6, 6.07) is 38.1. The first kappa shape index (κ1) is 32.1. The number of sulfonamides is 1. The number of aliphatic hydroxyl groups excluding tert-OH is 1. The third kappa shape index (κ3) is 7.75. The Balaban J connectivity index is 1.23. The van der Waals surface area contributed by atoms with Crippen LogP contribution in [0.15, 0.2) is 137 Å². The number of thioether (sulfide) groups is 1. The molecule has 5 aromatic rings. The highest BCUT2D eigenvalue weighted by Crippen LogP contribution is 2.43. The second-order valence-corrected chi connectivity index (χ2v) is 14.1. The van der Waals surface area contributed by atoms with Gasteiger partial charge in [-0.15, -0.1) is 11.8 Å². The van der Waals surface area contributed by atoms with Crippen LogP contribution in [0.25, 0.3) is 11.1 Å². The van der Waals surface area contributed by atoms with Crippen LogP contribution in [0.2, 0.25) is 0 Å². The van der Waals surface area contributed by atoms with E-state index in [-0.39, 0.29) is 36.2 Å². The SMILES string of the molecule is C[C@H]1[C@@H](CSc2ccccn2)O[C@@H](c2cccc(-c3cccc(CNS(=O)(=O)c4ccccc4)c3)c2)O[C@H]1c1ccc(CO)cc1. The summed E-state index contributed by atoms with van der Waals surface area (Å²) in [4.78, 5) is 4.71. The van der Waals surface area contributed by atoms with Crippen LogP contribution in [0.5, 0.6) is 0 Å². The van der Waals surface area contributed by atoms with Gasteiger partial charge in [-0.1, -0.05) is 91.9 Å². The summed E-state index contributed by atoms with van der Waals surface area (Å²) in [5.74, 6) is 0.774. The second-order valence-electron chi connectivity index (χ2n) is 11.3. The minimum absolute atomic E-state index is 0.0106. The highest BCUT2D eigenvalue weighted by molar-refractivity contribution is 7.99. The number of benzene rings is 4. The number of rotatable bonds is 11. The van der Waals surface area contributed by atoms with E-state index in [1.807, 2.05) is 84.9 Å². The fourth-order valence-corrected chi connectivity index (χ4v) is 7.56. The molecule has 236 valence electrons. The summed E-state index contributed by atoms with van der Waals surface area (Å²) in [6.07, 6.45) is 0.862. The zero-order valence-corrected chi connectivity index (χ0v) is 27.0. The quantitative estimate of drug-likeness (QED) is 0.145. The van der Waals surface area contributed by atoms with E-state index in [4.69, 9.17) is 9.47 Å². The van der Waals surface area contributed by atoms with Crippen molar-refractivity contribution in [1.29, 1.82) is 0 Å². The van der Waals surface area contributed by atoms with Crippen LogP contribution in [-0.4, -0.2) is 30.4 Å². The van der Waals surface area contributed by atoms with Crippen molar-refractivity contribution in [3.8, 4) is 11.1 Å². The smallest absolute Gasteiger partial charge is 0.240 e. The van der Waals surface area contributed by atoms with Crippen molar-refractivity contribution in [1.82, 2.24) is 9.71 Å². The average molecular weight is 653 g/mol. The van der Waals surface area contributed by atoms with E-state index < -0.39 is 16.3 Å². The van der Waals surface area contributed by atoms with E-state index in [0.29, 0.717) is 5.75 Å². The normalized spacial score (nSPS) is 20.0. The van der Waals surface area contributed by atoms with E-state index in [1.54, 1.807) is 48.3 Å². The predicted octanol–water partition coefficient (Wildman–Crippen LogP) is 7.30. The number of aromatic nitrogens is 1. The monoisotopic (exact) mass is 652 g/mol. The van der Waals surface area contributed by atoms with E-state index in [0.717, 1.165) is 38.4 Å². The molecule has 1 saturated heterocycles. The van der Waals surface area contributed by atoms with Gasteiger partial charge in [-0.25, -0.2) is 18.1 Å². The van der Waals surface area contributed by atoms with Crippen molar-refractivity contribution in [2.75, 3.05) is 5.75 Å².